The van der Waals surface area contributed by atoms with Gasteiger partial charge in [-0.2, -0.15) is 0 Å². The van der Waals surface area contributed by atoms with Crippen molar-refractivity contribution >= 4 is 5.78 Å². The molecule has 0 saturated heterocycles. The predicted molar refractivity (Wildman–Crippen MR) is 77.8 cm³/mol. The summed E-state index contributed by atoms with van der Waals surface area (Å²) in [6.45, 7) is 4.39. The van der Waals surface area contributed by atoms with Crippen LogP contribution in [0.3, 0.4) is 0 Å². The van der Waals surface area contributed by atoms with Crippen LogP contribution in [0.15, 0.2) is 18.2 Å². The van der Waals surface area contributed by atoms with E-state index in [0.717, 1.165) is 37.9 Å². The first-order valence-corrected chi connectivity index (χ1v) is 7.28. The molecule has 0 N–H and O–H groups in total. The maximum absolute atomic E-state index is 11.3. The second-order valence-corrected chi connectivity index (χ2v) is 5.92. The lowest BCUT2D eigenvalue weighted by atomic mass is 9.83. The standard InChI is InChI=1S/C17H24O2/c1-12(2)16-11-14(6-9-17(16)19-3)10-13-4-7-15(18)8-5-13/h6,9,11-13H,4-5,7-8,10H2,1-3H3. The van der Waals surface area contributed by atoms with Gasteiger partial charge in [0.15, 0.2) is 0 Å². The van der Waals surface area contributed by atoms with Gasteiger partial charge in [0.25, 0.3) is 0 Å². The highest BCUT2D eigenvalue weighted by molar-refractivity contribution is 5.79. The van der Waals surface area contributed by atoms with E-state index in [9.17, 15) is 4.79 Å². The Hall–Kier alpha value is -1.31. The summed E-state index contributed by atoms with van der Waals surface area (Å²) in [6.07, 6.45) is 4.76. The van der Waals surface area contributed by atoms with Gasteiger partial charge in [-0.15, -0.1) is 0 Å². The molecular weight excluding hydrogens is 236 g/mol. The molecule has 0 amide bonds. The van der Waals surface area contributed by atoms with Crippen LogP contribution >= 0.6 is 0 Å². The third-order valence-electron chi connectivity index (χ3n) is 4.10. The van der Waals surface area contributed by atoms with E-state index in [0.29, 0.717) is 17.6 Å². The van der Waals surface area contributed by atoms with Crippen molar-refractivity contribution in [3.05, 3.63) is 29.3 Å². The highest BCUT2D eigenvalue weighted by Gasteiger charge is 2.19. The molecule has 0 spiro atoms. The summed E-state index contributed by atoms with van der Waals surface area (Å²) in [5.41, 5.74) is 2.66. The molecule has 0 radical (unpaired) electrons. The second kappa shape index (κ2) is 6.23. The Morgan fingerprint density at radius 1 is 1.26 bits per heavy atom. The summed E-state index contributed by atoms with van der Waals surface area (Å²) in [5.74, 6) is 2.57. The van der Waals surface area contributed by atoms with E-state index < -0.39 is 0 Å². The van der Waals surface area contributed by atoms with E-state index in [4.69, 9.17) is 4.74 Å². The Kier molecular flexibility index (Phi) is 4.62. The number of methoxy groups -OCH3 is 1. The van der Waals surface area contributed by atoms with Crippen LogP contribution in [0.4, 0.5) is 0 Å². The molecule has 2 heteroatoms. The average molecular weight is 260 g/mol. The molecule has 0 unspecified atom stereocenters. The summed E-state index contributed by atoms with van der Waals surface area (Å²) in [6, 6.07) is 6.53. The first kappa shape index (κ1) is 14.1. The summed E-state index contributed by atoms with van der Waals surface area (Å²) < 4.78 is 5.42. The fourth-order valence-electron chi connectivity index (χ4n) is 2.90. The number of hydrogen-bond donors (Lipinski definition) is 0. The zero-order chi connectivity index (χ0) is 13.8. The van der Waals surface area contributed by atoms with Gasteiger partial charge in [-0.3, -0.25) is 4.79 Å². The number of hydrogen-bond acceptors (Lipinski definition) is 2. The topological polar surface area (TPSA) is 26.3 Å². The Balaban J connectivity index is 2.08. The monoisotopic (exact) mass is 260 g/mol. The molecule has 1 aliphatic rings. The van der Waals surface area contributed by atoms with E-state index in [1.807, 2.05) is 0 Å². The molecule has 1 aromatic carbocycles. The first-order chi connectivity index (χ1) is 9.10. The van der Waals surface area contributed by atoms with Gasteiger partial charge in [0.05, 0.1) is 7.11 Å². The van der Waals surface area contributed by atoms with Gasteiger partial charge in [-0.1, -0.05) is 26.0 Å². The third kappa shape index (κ3) is 3.59. The van der Waals surface area contributed by atoms with Crippen molar-refractivity contribution in [2.45, 2.75) is 51.9 Å². The summed E-state index contributed by atoms with van der Waals surface area (Å²) in [5, 5.41) is 0. The smallest absolute Gasteiger partial charge is 0.132 e. The van der Waals surface area contributed by atoms with Gasteiger partial charge in [0.2, 0.25) is 0 Å². The van der Waals surface area contributed by atoms with Gasteiger partial charge in [0, 0.05) is 12.8 Å². The molecule has 0 bridgehead atoms. The second-order valence-electron chi connectivity index (χ2n) is 5.92. The highest BCUT2D eigenvalue weighted by atomic mass is 16.5. The molecule has 1 aromatic rings. The van der Waals surface area contributed by atoms with Gasteiger partial charge in [-0.05, 0) is 48.3 Å². The maximum atomic E-state index is 11.3. The quantitative estimate of drug-likeness (QED) is 0.814. The van der Waals surface area contributed by atoms with Crippen molar-refractivity contribution < 1.29 is 9.53 Å². The fourth-order valence-corrected chi connectivity index (χ4v) is 2.90. The van der Waals surface area contributed by atoms with Crippen molar-refractivity contribution in [1.82, 2.24) is 0 Å². The van der Waals surface area contributed by atoms with Crippen LogP contribution in [0.2, 0.25) is 0 Å². The van der Waals surface area contributed by atoms with E-state index in [1.54, 1.807) is 7.11 Å². The lowest BCUT2D eigenvalue weighted by Gasteiger charge is -2.22. The fraction of sp³-hybridized carbons (Fsp3) is 0.588. The van der Waals surface area contributed by atoms with Gasteiger partial charge < -0.3 is 4.74 Å². The molecule has 0 atom stereocenters. The van der Waals surface area contributed by atoms with Crippen molar-refractivity contribution in [3.63, 3.8) is 0 Å². The zero-order valence-electron chi connectivity index (χ0n) is 12.2. The molecular formula is C17H24O2. The number of rotatable bonds is 4. The first-order valence-electron chi connectivity index (χ1n) is 7.28. The molecule has 0 heterocycles. The minimum Gasteiger partial charge on any atom is -0.496 e. The lowest BCUT2D eigenvalue weighted by molar-refractivity contribution is -0.121. The van der Waals surface area contributed by atoms with E-state index in [2.05, 4.69) is 32.0 Å². The molecule has 0 aliphatic heterocycles. The Morgan fingerprint density at radius 3 is 2.53 bits per heavy atom. The number of carbonyl (C=O) groups is 1. The minimum absolute atomic E-state index is 0.439. The molecule has 104 valence electrons. The molecule has 2 rings (SSSR count). The van der Waals surface area contributed by atoms with Crippen molar-refractivity contribution in [2.24, 2.45) is 5.92 Å². The van der Waals surface area contributed by atoms with Crippen LogP contribution in [0.1, 0.15) is 56.6 Å². The van der Waals surface area contributed by atoms with E-state index in [-0.39, 0.29) is 0 Å². The average Bonchev–Trinajstić information content (AvgIpc) is 2.41. The summed E-state index contributed by atoms with van der Waals surface area (Å²) in [4.78, 5) is 11.3. The lowest BCUT2D eigenvalue weighted by Crippen LogP contribution is -2.15. The molecule has 1 saturated carbocycles. The molecule has 1 aliphatic carbocycles. The molecule has 19 heavy (non-hydrogen) atoms. The van der Waals surface area contributed by atoms with Crippen molar-refractivity contribution in [3.8, 4) is 5.75 Å². The van der Waals surface area contributed by atoms with Crippen LogP contribution in [0.25, 0.3) is 0 Å². The van der Waals surface area contributed by atoms with E-state index in [1.165, 1.54) is 11.1 Å². The molecule has 2 nitrogen and oxygen atoms in total. The maximum Gasteiger partial charge on any atom is 0.132 e. The normalized spacial score (nSPS) is 16.9. The Labute approximate surface area is 116 Å². The number of ether oxygens (including phenoxy) is 1. The summed E-state index contributed by atoms with van der Waals surface area (Å²) >= 11 is 0. The largest absolute Gasteiger partial charge is 0.496 e. The third-order valence-corrected chi connectivity index (χ3v) is 4.10. The zero-order valence-corrected chi connectivity index (χ0v) is 12.2. The van der Waals surface area contributed by atoms with Gasteiger partial charge in [-0.25, -0.2) is 0 Å². The van der Waals surface area contributed by atoms with Crippen LogP contribution in [0, 0.1) is 5.92 Å². The number of carbonyl (C=O) groups excluding carboxylic acids is 1. The van der Waals surface area contributed by atoms with Crippen LogP contribution in [0.5, 0.6) is 5.75 Å². The number of benzene rings is 1. The molecule has 1 fully saturated rings. The minimum atomic E-state index is 0.439. The van der Waals surface area contributed by atoms with E-state index >= 15 is 0 Å². The van der Waals surface area contributed by atoms with Crippen LogP contribution in [-0.2, 0) is 11.2 Å². The Morgan fingerprint density at radius 2 is 1.95 bits per heavy atom. The predicted octanol–water partition coefficient (Wildman–Crippen LogP) is 4.12. The van der Waals surface area contributed by atoms with Crippen molar-refractivity contribution in [2.75, 3.05) is 7.11 Å². The highest BCUT2D eigenvalue weighted by Crippen LogP contribution is 2.30. The SMILES string of the molecule is COc1ccc(CC2CCC(=O)CC2)cc1C(C)C. The van der Waals surface area contributed by atoms with Crippen LogP contribution < -0.4 is 4.74 Å². The van der Waals surface area contributed by atoms with Gasteiger partial charge in [0.1, 0.15) is 11.5 Å². The van der Waals surface area contributed by atoms with Crippen LogP contribution in [-0.4, -0.2) is 12.9 Å². The Bertz CT molecular complexity index is 439. The van der Waals surface area contributed by atoms with Crippen molar-refractivity contribution in [1.29, 1.82) is 0 Å². The number of ketones is 1. The van der Waals surface area contributed by atoms with Gasteiger partial charge >= 0.3 is 0 Å². The number of Topliss-reactive ketones (excluding diaryl/α,β-unsaturated/α-hetero) is 1. The molecule has 0 aromatic heterocycles. The summed E-state index contributed by atoms with van der Waals surface area (Å²) in [7, 11) is 1.73.